The van der Waals surface area contributed by atoms with E-state index in [2.05, 4.69) is 16.4 Å². The fraction of sp³-hybridized carbons (Fsp3) is 0.368. The maximum atomic E-state index is 12.4. The lowest BCUT2D eigenvalue weighted by atomic mass is 9.95. The summed E-state index contributed by atoms with van der Waals surface area (Å²) in [6.07, 6.45) is 5.65. The molecule has 1 aromatic heterocycles. The molecule has 1 saturated carbocycles. The molecule has 24 heavy (non-hydrogen) atoms. The van der Waals surface area contributed by atoms with Gasteiger partial charge in [0.2, 0.25) is 0 Å². The van der Waals surface area contributed by atoms with Gasteiger partial charge in [0.25, 0.3) is 0 Å². The number of nitrogens with zero attached hydrogens (tertiary/aromatic N) is 2. The molecule has 0 aliphatic heterocycles. The molecule has 1 heterocycles. The minimum Gasteiger partial charge on any atom is -0.496 e. The summed E-state index contributed by atoms with van der Waals surface area (Å²) in [5, 5.41) is 3.07. The van der Waals surface area contributed by atoms with Crippen LogP contribution in [0.15, 0.2) is 48.8 Å². The fourth-order valence-electron chi connectivity index (χ4n) is 2.99. The summed E-state index contributed by atoms with van der Waals surface area (Å²) in [6, 6.07) is 11.8. The number of rotatable bonds is 6. The first kappa shape index (κ1) is 16.3. The molecule has 1 fully saturated rings. The number of hydrogen-bond acceptors (Lipinski definition) is 3. The Kier molecular flexibility index (Phi) is 4.69. The first-order valence-electron chi connectivity index (χ1n) is 8.16. The van der Waals surface area contributed by atoms with Crippen LogP contribution in [0.4, 0.5) is 4.79 Å². The van der Waals surface area contributed by atoms with E-state index in [9.17, 15) is 4.79 Å². The lowest BCUT2D eigenvalue weighted by Gasteiger charge is -2.22. The number of hydrogen-bond donors (Lipinski definition) is 1. The maximum Gasteiger partial charge on any atom is 0.317 e. The molecular weight excluding hydrogens is 302 g/mol. The highest BCUT2D eigenvalue weighted by atomic mass is 16.5. The molecule has 1 aromatic carbocycles. The highest BCUT2D eigenvalue weighted by molar-refractivity contribution is 5.74. The average Bonchev–Trinajstić information content (AvgIpc) is 3.41. The van der Waals surface area contributed by atoms with Crippen LogP contribution in [-0.4, -0.2) is 36.6 Å². The molecule has 0 bridgehead atoms. The molecule has 3 rings (SSSR count). The van der Waals surface area contributed by atoms with Crippen molar-refractivity contribution >= 4 is 6.03 Å². The van der Waals surface area contributed by atoms with Crippen molar-refractivity contribution in [2.75, 3.05) is 20.7 Å². The van der Waals surface area contributed by atoms with Crippen molar-refractivity contribution in [3.8, 4) is 5.75 Å². The normalized spacial score (nSPS) is 14.8. The third kappa shape index (κ3) is 3.50. The molecule has 5 heteroatoms. The monoisotopic (exact) mass is 325 g/mol. The number of benzene rings is 1. The molecule has 2 amide bonds. The number of ether oxygens (including phenoxy) is 1. The summed E-state index contributed by atoms with van der Waals surface area (Å²) in [5.74, 6) is 0.896. The van der Waals surface area contributed by atoms with E-state index in [1.54, 1.807) is 31.5 Å². The zero-order chi connectivity index (χ0) is 17.0. The minimum atomic E-state index is -0.0694. The number of nitrogens with one attached hydrogen (secondary N) is 1. The molecule has 5 nitrogen and oxygen atoms in total. The Bertz CT molecular complexity index is 699. The van der Waals surface area contributed by atoms with Crippen molar-refractivity contribution in [1.82, 2.24) is 15.2 Å². The summed E-state index contributed by atoms with van der Waals surface area (Å²) < 4.78 is 5.47. The van der Waals surface area contributed by atoms with Gasteiger partial charge in [0.1, 0.15) is 5.75 Å². The highest BCUT2D eigenvalue weighted by Crippen LogP contribution is 2.50. The Morgan fingerprint density at radius 3 is 2.75 bits per heavy atom. The van der Waals surface area contributed by atoms with E-state index < -0.39 is 0 Å². The van der Waals surface area contributed by atoms with Gasteiger partial charge < -0.3 is 15.0 Å². The minimum absolute atomic E-state index is 0.0113. The summed E-state index contributed by atoms with van der Waals surface area (Å²) in [7, 11) is 3.49. The van der Waals surface area contributed by atoms with Gasteiger partial charge in [-0.05, 0) is 30.5 Å². The maximum absolute atomic E-state index is 12.4. The van der Waals surface area contributed by atoms with Gasteiger partial charge in [0.05, 0.1) is 7.11 Å². The van der Waals surface area contributed by atoms with Gasteiger partial charge in [-0.1, -0.05) is 24.3 Å². The second-order valence-electron chi connectivity index (χ2n) is 6.36. The topological polar surface area (TPSA) is 54.5 Å². The van der Waals surface area contributed by atoms with E-state index in [0.29, 0.717) is 13.1 Å². The van der Waals surface area contributed by atoms with Gasteiger partial charge in [-0.2, -0.15) is 0 Å². The van der Waals surface area contributed by atoms with Gasteiger partial charge in [0.15, 0.2) is 0 Å². The van der Waals surface area contributed by atoms with Crippen molar-refractivity contribution in [3.05, 3.63) is 59.9 Å². The third-order valence-electron chi connectivity index (χ3n) is 4.60. The van der Waals surface area contributed by atoms with E-state index in [4.69, 9.17) is 4.74 Å². The van der Waals surface area contributed by atoms with Crippen LogP contribution in [0, 0.1) is 0 Å². The first-order valence-corrected chi connectivity index (χ1v) is 8.16. The van der Waals surface area contributed by atoms with E-state index in [1.807, 2.05) is 30.3 Å². The van der Waals surface area contributed by atoms with Crippen molar-refractivity contribution in [2.45, 2.75) is 24.8 Å². The summed E-state index contributed by atoms with van der Waals surface area (Å²) >= 11 is 0. The number of urea groups is 1. The number of methoxy groups -OCH3 is 1. The molecule has 1 aliphatic rings. The van der Waals surface area contributed by atoms with Crippen LogP contribution < -0.4 is 10.1 Å². The van der Waals surface area contributed by atoms with Crippen molar-refractivity contribution in [1.29, 1.82) is 0 Å². The molecular formula is C19H23N3O2. The second-order valence-corrected chi connectivity index (χ2v) is 6.36. The number of para-hydroxylation sites is 1. The van der Waals surface area contributed by atoms with Gasteiger partial charge in [-0.15, -0.1) is 0 Å². The predicted octanol–water partition coefficient (Wildman–Crippen LogP) is 2.96. The number of carbonyl (C=O) groups is 1. The van der Waals surface area contributed by atoms with Crippen LogP contribution in [0.5, 0.6) is 5.75 Å². The summed E-state index contributed by atoms with van der Waals surface area (Å²) in [6.45, 7) is 1.17. The Balaban J connectivity index is 1.60. The molecule has 0 spiro atoms. The van der Waals surface area contributed by atoms with Crippen LogP contribution in [0.3, 0.4) is 0 Å². The van der Waals surface area contributed by atoms with Crippen LogP contribution in [0.25, 0.3) is 0 Å². The Morgan fingerprint density at radius 1 is 1.29 bits per heavy atom. The largest absolute Gasteiger partial charge is 0.496 e. The quantitative estimate of drug-likeness (QED) is 0.888. The Hall–Kier alpha value is -2.56. The number of pyridine rings is 1. The Labute approximate surface area is 142 Å². The molecule has 1 aliphatic carbocycles. The molecule has 2 aromatic rings. The third-order valence-corrected chi connectivity index (χ3v) is 4.60. The SMILES string of the molecule is COc1ccccc1C1(CNC(=O)N(C)Cc2cccnc2)CC1. The van der Waals surface area contributed by atoms with Gasteiger partial charge in [-0.3, -0.25) is 4.98 Å². The molecule has 0 unspecified atom stereocenters. The van der Waals surface area contributed by atoms with Crippen LogP contribution >= 0.6 is 0 Å². The standard InChI is InChI=1S/C19H23N3O2/c1-22(13-15-6-5-11-20-12-15)18(23)21-14-19(9-10-19)16-7-3-4-8-17(16)24-2/h3-8,11-12H,9-10,13-14H2,1-2H3,(H,21,23). The zero-order valence-corrected chi connectivity index (χ0v) is 14.2. The fourth-order valence-corrected chi connectivity index (χ4v) is 2.99. The van der Waals surface area contributed by atoms with Crippen molar-refractivity contribution in [2.24, 2.45) is 0 Å². The molecule has 126 valence electrons. The molecule has 0 radical (unpaired) electrons. The van der Waals surface area contributed by atoms with E-state index in [-0.39, 0.29) is 11.4 Å². The average molecular weight is 325 g/mol. The molecule has 1 N–H and O–H groups in total. The second kappa shape index (κ2) is 6.91. The van der Waals surface area contributed by atoms with E-state index in [1.165, 1.54) is 5.56 Å². The number of amides is 2. The predicted molar refractivity (Wildman–Crippen MR) is 93.0 cm³/mol. The zero-order valence-electron chi connectivity index (χ0n) is 14.2. The number of carbonyl (C=O) groups excluding carboxylic acids is 1. The van der Waals surface area contributed by atoms with Crippen molar-refractivity contribution < 1.29 is 9.53 Å². The highest BCUT2D eigenvalue weighted by Gasteiger charge is 2.46. The van der Waals surface area contributed by atoms with Gasteiger partial charge in [0, 0.05) is 43.5 Å². The molecule has 0 atom stereocenters. The van der Waals surface area contributed by atoms with Crippen LogP contribution in [0.2, 0.25) is 0 Å². The Morgan fingerprint density at radius 2 is 2.08 bits per heavy atom. The summed E-state index contributed by atoms with van der Waals surface area (Å²) in [4.78, 5) is 18.1. The lowest BCUT2D eigenvalue weighted by Crippen LogP contribution is -2.40. The lowest BCUT2D eigenvalue weighted by molar-refractivity contribution is 0.205. The first-order chi connectivity index (χ1) is 11.6. The molecule has 0 saturated heterocycles. The van der Waals surface area contributed by atoms with E-state index in [0.717, 1.165) is 24.2 Å². The number of aromatic nitrogens is 1. The van der Waals surface area contributed by atoms with Gasteiger partial charge in [-0.25, -0.2) is 4.79 Å². The van der Waals surface area contributed by atoms with Gasteiger partial charge >= 0.3 is 6.03 Å². The summed E-state index contributed by atoms with van der Waals surface area (Å²) in [5.41, 5.74) is 2.21. The van der Waals surface area contributed by atoms with Crippen LogP contribution in [0.1, 0.15) is 24.0 Å². The van der Waals surface area contributed by atoms with Crippen molar-refractivity contribution in [3.63, 3.8) is 0 Å². The van der Waals surface area contributed by atoms with E-state index >= 15 is 0 Å². The smallest absolute Gasteiger partial charge is 0.317 e. The van der Waals surface area contributed by atoms with Crippen LogP contribution in [-0.2, 0) is 12.0 Å².